The number of anilines is 1. The summed E-state index contributed by atoms with van der Waals surface area (Å²) in [6.45, 7) is 0. The van der Waals surface area contributed by atoms with E-state index in [0.717, 1.165) is 0 Å². The molecule has 0 aliphatic heterocycles. The maximum Gasteiger partial charge on any atom is 0.335 e. The van der Waals surface area contributed by atoms with Crippen molar-refractivity contribution in [3.05, 3.63) is 74.4 Å². The van der Waals surface area contributed by atoms with E-state index in [1.165, 1.54) is 18.2 Å². The third kappa shape index (κ3) is 2.74. The number of benzene rings is 2. The van der Waals surface area contributed by atoms with Crippen LogP contribution in [-0.2, 0) is 0 Å². The van der Waals surface area contributed by atoms with Crippen LogP contribution in [0.5, 0.6) is 0 Å². The topological polar surface area (TPSA) is 83.5 Å². The van der Waals surface area contributed by atoms with E-state index in [1.54, 1.807) is 24.3 Å². The molecule has 2 aromatic carbocycles. The highest BCUT2D eigenvalue weighted by molar-refractivity contribution is 9.12. The van der Waals surface area contributed by atoms with Crippen molar-refractivity contribution in [3.63, 3.8) is 0 Å². The molecule has 0 bridgehead atoms. The molecule has 0 fully saturated rings. The summed E-state index contributed by atoms with van der Waals surface area (Å²) in [6, 6.07) is 10.6. The van der Waals surface area contributed by atoms with Crippen LogP contribution in [0.3, 0.4) is 0 Å². The lowest BCUT2D eigenvalue weighted by Crippen LogP contribution is -2.24. The highest BCUT2D eigenvalue weighted by Crippen LogP contribution is 2.32. The molecule has 0 saturated heterocycles. The van der Waals surface area contributed by atoms with Crippen molar-refractivity contribution >= 4 is 50.8 Å². The van der Waals surface area contributed by atoms with Crippen LogP contribution in [0.2, 0.25) is 5.02 Å². The van der Waals surface area contributed by atoms with E-state index >= 15 is 0 Å². The van der Waals surface area contributed by atoms with Crippen LogP contribution in [0.1, 0.15) is 31.1 Å². The van der Waals surface area contributed by atoms with Gasteiger partial charge in [0.05, 0.1) is 20.8 Å². The van der Waals surface area contributed by atoms with Gasteiger partial charge < -0.3 is 10.4 Å². The summed E-state index contributed by atoms with van der Waals surface area (Å²) in [5.41, 5.74) is 1.03. The second-order valence-electron chi connectivity index (χ2n) is 5.02. The van der Waals surface area contributed by atoms with Gasteiger partial charge in [-0.25, -0.2) is 4.79 Å². The van der Waals surface area contributed by atoms with Crippen molar-refractivity contribution in [1.29, 1.82) is 0 Å². The first-order valence-electron chi connectivity index (χ1n) is 6.78. The van der Waals surface area contributed by atoms with Gasteiger partial charge in [-0.2, -0.15) is 0 Å². The molecule has 2 aromatic rings. The van der Waals surface area contributed by atoms with Crippen molar-refractivity contribution in [2.24, 2.45) is 0 Å². The molecule has 0 heterocycles. The number of carboxylic acids is 1. The van der Waals surface area contributed by atoms with Crippen LogP contribution in [0.25, 0.3) is 0 Å². The fraction of sp³-hybridized carbons (Fsp3) is 0. The van der Waals surface area contributed by atoms with Gasteiger partial charge in [0.15, 0.2) is 0 Å². The van der Waals surface area contributed by atoms with Gasteiger partial charge in [-0.15, -0.1) is 0 Å². The molecule has 0 unspecified atom stereocenters. The maximum absolute atomic E-state index is 12.6. The van der Waals surface area contributed by atoms with Crippen LogP contribution in [0.15, 0.2) is 52.6 Å². The Kier molecular flexibility index (Phi) is 4.26. The maximum atomic E-state index is 12.6. The molecule has 1 aliphatic rings. The Hall–Kier alpha value is -2.44. The molecular weight excluding hydrogens is 398 g/mol. The van der Waals surface area contributed by atoms with E-state index in [0.29, 0.717) is 16.8 Å². The van der Waals surface area contributed by atoms with Gasteiger partial charge in [0.2, 0.25) is 11.6 Å². The van der Waals surface area contributed by atoms with Crippen molar-refractivity contribution in [2.75, 3.05) is 5.32 Å². The molecule has 0 radical (unpaired) electrons. The summed E-state index contributed by atoms with van der Waals surface area (Å²) in [5.74, 6) is -1.77. The van der Waals surface area contributed by atoms with Gasteiger partial charge in [-0.05, 0) is 34.1 Å². The fourth-order valence-electron chi connectivity index (χ4n) is 2.34. The Morgan fingerprint density at radius 1 is 1.04 bits per heavy atom. The molecule has 0 saturated carbocycles. The van der Waals surface area contributed by atoms with Crippen LogP contribution in [-0.4, -0.2) is 22.6 Å². The van der Waals surface area contributed by atoms with Gasteiger partial charge in [-0.3, -0.25) is 9.59 Å². The zero-order valence-corrected chi connectivity index (χ0v) is 14.3. The molecule has 7 heteroatoms. The van der Waals surface area contributed by atoms with Crippen molar-refractivity contribution in [2.45, 2.75) is 0 Å². The first kappa shape index (κ1) is 16.4. The number of aromatic carboxylic acids is 1. The van der Waals surface area contributed by atoms with Gasteiger partial charge in [-0.1, -0.05) is 35.9 Å². The number of hydrogen-bond acceptors (Lipinski definition) is 4. The molecule has 5 nitrogen and oxygen atoms in total. The fourth-order valence-corrected chi connectivity index (χ4v) is 3.06. The van der Waals surface area contributed by atoms with Crippen LogP contribution in [0, 0.1) is 0 Å². The smallest absolute Gasteiger partial charge is 0.335 e. The number of hydrogen-bond donors (Lipinski definition) is 2. The first-order valence-corrected chi connectivity index (χ1v) is 7.95. The molecule has 3 rings (SSSR count). The summed E-state index contributed by atoms with van der Waals surface area (Å²) in [6.07, 6.45) is 0. The van der Waals surface area contributed by atoms with Crippen molar-refractivity contribution in [3.8, 4) is 0 Å². The number of fused-ring (bicyclic) bond motifs is 1. The average Bonchev–Trinajstić information content (AvgIpc) is 2.57. The molecule has 24 heavy (non-hydrogen) atoms. The zero-order chi connectivity index (χ0) is 17.4. The first-order chi connectivity index (χ1) is 11.4. The Balaban J connectivity index is 2.01. The van der Waals surface area contributed by atoms with E-state index < -0.39 is 5.97 Å². The van der Waals surface area contributed by atoms with E-state index in [2.05, 4.69) is 21.2 Å². The summed E-state index contributed by atoms with van der Waals surface area (Å²) in [5, 5.41) is 11.9. The second-order valence-corrected chi connectivity index (χ2v) is 6.22. The Morgan fingerprint density at radius 3 is 2.25 bits per heavy atom. The number of Topliss-reactive ketones (excluding diaryl/α,β-unsaturated/α-hetero) is 2. The van der Waals surface area contributed by atoms with Crippen molar-refractivity contribution < 1.29 is 19.5 Å². The molecule has 0 amide bonds. The lowest BCUT2D eigenvalue weighted by atomic mass is 9.92. The van der Waals surface area contributed by atoms with Gasteiger partial charge in [0.1, 0.15) is 5.70 Å². The normalized spacial score (nSPS) is 13.8. The number of carbonyl (C=O) groups excluding carboxylic acids is 2. The Morgan fingerprint density at radius 2 is 1.67 bits per heavy atom. The molecule has 2 N–H and O–H groups in total. The Labute approximate surface area is 150 Å². The number of carbonyl (C=O) groups is 3. The summed E-state index contributed by atoms with van der Waals surface area (Å²) in [7, 11) is 0. The number of carboxylic acid groups (broad SMARTS) is 1. The van der Waals surface area contributed by atoms with E-state index in [1.807, 2.05) is 0 Å². The number of rotatable bonds is 3. The summed E-state index contributed by atoms with van der Waals surface area (Å²) in [4.78, 5) is 36.0. The van der Waals surface area contributed by atoms with Crippen LogP contribution < -0.4 is 5.32 Å². The number of halogens is 2. The van der Waals surface area contributed by atoms with E-state index in [9.17, 15) is 14.4 Å². The SMILES string of the molecule is O=C(O)c1ccc(NC2=C(Br)C(=O)c3ccccc3C2=O)c(Cl)c1. The Bertz CT molecular complexity index is 936. The van der Waals surface area contributed by atoms with Crippen LogP contribution >= 0.6 is 27.5 Å². The quantitative estimate of drug-likeness (QED) is 0.800. The van der Waals surface area contributed by atoms with Crippen LogP contribution in [0.4, 0.5) is 5.69 Å². The zero-order valence-electron chi connectivity index (χ0n) is 12.0. The van der Waals surface area contributed by atoms with Gasteiger partial charge in [0, 0.05) is 11.1 Å². The van der Waals surface area contributed by atoms with E-state index in [-0.39, 0.29) is 32.3 Å². The number of nitrogens with one attached hydrogen (secondary N) is 1. The predicted octanol–water partition coefficient (Wildman–Crippen LogP) is 4.14. The molecule has 0 aromatic heterocycles. The number of ketones is 2. The number of allylic oxidation sites excluding steroid dienone is 2. The van der Waals surface area contributed by atoms with Gasteiger partial charge in [0.25, 0.3) is 0 Å². The van der Waals surface area contributed by atoms with Gasteiger partial charge >= 0.3 is 5.97 Å². The summed E-state index contributed by atoms with van der Waals surface area (Å²) < 4.78 is 0.101. The minimum atomic E-state index is -1.11. The highest BCUT2D eigenvalue weighted by atomic mass is 79.9. The largest absolute Gasteiger partial charge is 0.478 e. The monoisotopic (exact) mass is 405 g/mol. The summed E-state index contributed by atoms with van der Waals surface area (Å²) >= 11 is 9.22. The molecule has 1 aliphatic carbocycles. The lowest BCUT2D eigenvalue weighted by Gasteiger charge is -2.19. The molecule has 0 atom stereocenters. The highest BCUT2D eigenvalue weighted by Gasteiger charge is 2.31. The minimum absolute atomic E-state index is 0.0231. The molecule has 120 valence electrons. The molecular formula is C17H9BrClNO4. The third-order valence-electron chi connectivity index (χ3n) is 3.54. The predicted molar refractivity (Wildman–Crippen MR) is 93.1 cm³/mol. The molecule has 0 spiro atoms. The van der Waals surface area contributed by atoms with Crippen molar-refractivity contribution in [1.82, 2.24) is 0 Å². The standard InChI is InChI=1S/C17H9BrClNO4/c18-13-14(16(22)10-4-2-1-3-9(10)15(13)21)20-12-6-5-8(17(23)24)7-11(12)19/h1-7,20H,(H,23,24). The third-order valence-corrected chi connectivity index (χ3v) is 4.61. The van der Waals surface area contributed by atoms with E-state index in [4.69, 9.17) is 16.7 Å². The minimum Gasteiger partial charge on any atom is -0.478 e. The second kappa shape index (κ2) is 6.22. The lowest BCUT2D eigenvalue weighted by molar-refractivity contribution is 0.0696. The average molecular weight is 407 g/mol.